The molecule has 1 unspecified atom stereocenters. The van der Waals surface area contributed by atoms with Crippen LogP contribution in [-0.2, 0) is 0 Å². The van der Waals surface area contributed by atoms with Gasteiger partial charge in [-0.15, -0.1) is 0 Å². The Morgan fingerprint density at radius 3 is 2.50 bits per heavy atom. The summed E-state index contributed by atoms with van der Waals surface area (Å²) in [5, 5.41) is 3.61. The van der Waals surface area contributed by atoms with E-state index in [1.807, 2.05) is 12.1 Å². The fraction of sp³-hybridized carbons (Fsp3) is 0.294. The van der Waals surface area contributed by atoms with Crippen LogP contribution < -0.4 is 10.1 Å². The third kappa shape index (κ3) is 3.34. The van der Waals surface area contributed by atoms with Crippen LogP contribution in [0.5, 0.6) is 5.75 Å². The molecule has 0 saturated heterocycles. The van der Waals surface area contributed by atoms with Gasteiger partial charge in [-0.05, 0) is 36.6 Å². The van der Waals surface area contributed by atoms with Gasteiger partial charge in [-0.1, -0.05) is 53.2 Å². The highest BCUT2D eigenvalue weighted by atomic mass is 79.9. The number of aryl methyl sites for hydroxylation is 1. The average Bonchev–Trinajstić information content (AvgIpc) is 2.46. The molecule has 0 fully saturated rings. The fourth-order valence-corrected chi connectivity index (χ4v) is 2.89. The molecule has 1 atom stereocenters. The van der Waals surface area contributed by atoms with Crippen LogP contribution in [0.25, 0.3) is 0 Å². The van der Waals surface area contributed by atoms with Crippen molar-refractivity contribution >= 4 is 21.6 Å². The molecule has 0 aromatic heterocycles. The van der Waals surface area contributed by atoms with Crippen molar-refractivity contribution in [2.45, 2.75) is 26.3 Å². The highest BCUT2D eigenvalue weighted by Crippen LogP contribution is 2.35. The molecule has 20 heavy (non-hydrogen) atoms. The van der Waals surface area contributed by atoms with Gasteiger partial charge in [-0.25, -0.2) is 0 Å². The Bertz CT molecular complexity index is 569. The van der Waals surface area contributed by atoms with E-state index in [0.717, 1.165) is 22.3 Å². The van der Waals surface area contributed by atoms with Gasteiger partial charge >= 0.3 is 0 Å². The second-order valence-electron chi connectivity index (χ2n) is 4.82. The Balaban J connectivity index is 2.33. The molecule has 0 bridgehead atoms. The van der Waals surface area contributed by atoms with Gasteiger partial charge in [0.2, 0.25) is 0 Å². The van der Waals surface area contributed by atoms with Crippen LogP contribution in [0.4, 0.5) is 5.69 Å². The molecule has 0 aliphatic carbocycles. The smallest absolute Gasteiger partial charge is 0.143 e. The van der Waals surface area contributed by atoms with E-state index < -0.39 is 0 Å². The van der Waals surface area contributed by atoms with E-state index >= 15 is 0 Å². The summed E-state index contributed by atoms with van der Waals surface area (Å²) in [4.78, 5) is 0. The minimum Gasteiger partial charge on any atom is -0.495 e. The molecule has 106 valence electrons. The minimum atomic E-state index is 0.282. The summed E-state index contributed by atoms with van der Waals surface area (Å²) in [7, 11) is 1.70. The Kier molecular flexibility index (Phi) is 5.07. The monoisotopic (exact) mass is 333 g/mol. The first kappa shape index (κ1) is 14.9. The molecule has 0 radical (unpaired) electrons. The third-order valence-corrected chi connectivity index (χ3v) is 3.87. The van der Waals surface area contributed by atoms with E-state index in [1.165, 1.54) is 11.1 Å². The first-order valence-corrected chi connectivity index (χ1v) is 7.60. The normalized spacial score (nSPS) is 12.0. The van der Waals surface area contributed by atoms with Gasteiger partial charge in [0.1, 0.15) is 5.75 Å². The van der Waals surface area contributed by atoms with Gasteiger partial charge in [0.05, 0.1) is 18.8 Å². The number of ether oxygens (including phenoxy) is 1. The van der Waals surface area contributed by atoms with Gasteiger partial charge in [0, 0.05) is 4.47 Å². The van der Waals surface area contributed by atoms with Crippen molar-refractivity contribution in [2.75, 3.05) is 12.4 Å². The van der Waals surface area contributed by atoms with E-state index in [4.69, 9.17) is 4.74 Å². The van der Waals surface area contributed by atoms with E-state index in [0.29, 0.717) is 0 Å². The van der Waals surface area contributed by atoms with Crippen LogP contribution in [0, 0.1) is 6.92 Å². The molecule has 0 heterocycles. The maximum absolute atomic E-state index is 5.50. The number of hydrogen-bond acceptors (Lipinski definition) is 2. The Hall–Kier alpha value is -1.48. The molecule has 2 aromatic carbocycles. The maximum Gasteiger partial charge on any atom is 0.143 e. The number of methoxy groups -OCH3 is 1. The van der Waals surface area contributed by atoms with E-state index in [9.17, 15) is 0 Å². The van der Waals surface area contributed by atoms with Crippen molar-refractivity contribution in [3.05, 3.63) is 58.1 Å². The number of benzene rings is 2. The summed E-state index contributed by atoms with van der Waals surface area (Å²) in [6, 6.07) is 14.9. The lowest BCUT2D eigenvalue weighted by molar-refractivity contribution is 0.415. The van der Waals surface area contributed by atoms with Gasteiger partial charge in [0.25, 0.3) is 0 Å². The number of halogens is 1. The lowest BCUT2D eigenvalue weighted by atomic mass is 10.0. The highest BCUT2D eigenvalue weighted by molar-refractivity contribution is 9.10. The van der Waals surface area contributed by atoms with Crippen molar-refractivity contribution in [1.82, 2.24) is 0 Å². The number of rotatable bonds is 5. The lowest BCUT2D eigenvalue weighted by Crippen LogP contribution is -2.11. The van der Waals surface area contributed by atoms with Crippen molar-refractivity contribution in [3.63, 3.8) is 0 Å². The number of hydrogen-bond donors (Lipinski definition) is 1. The molecular formula is C17H20BrNO. The second-order valence-corrected chi connectivity index (χ2v) is 5.73. The van der Waals surface area contributed by atoms with E-state index in [-0.39, 0.29) is 6.04 Å². The van der Waals surface area contributed by atoms with Crippen molar-refractivity contribution < 1.29 is 4.74 Å². The Labute approximate surface area is 129 Å². The summed E-state index contributed by atoms with van der Waals surface area (Å²) in [5.74, 6) is 0.867. The predicted octanol–water partition coefficient (Wildman–Crippen LogP) is 5.33. The lowest BCUT2D eigenvalue weighted by Gasteiger charge is -2.22. The zero-order valence-corrected chi connectivity index (χ0v) is 13.7. The fourth-order valence-electron chi connectivity index (χ4n) is 2.34. The summed E-state index contributed by atoms with van der Waals surface area (Å²) in [5.41, 5.74) is 3.52. The molecule has 2 rings (SSSR count). The molecule has 0 spiro atoms. The summed E-state index contributed by atoms with van der Waals surface area (Å²) in [6.45, 7) is 4.28. The molecule has 0 saturated carbocycles. The first-order chi connectivity index (χ1) is 9.65. The van der Waals surface area contributed by atoms with Crippen LogP contribution >= 0.6 is 15.9 Å². The topological polar surface area (TPSA) is 21.3 Å². The molecule has 3 heteroatoms. The zero-order chi connectivity index (χ0) is 14.5. The van der Waals surface area contributed by atoms with Crippen molar-refractivity contribution in [3.8, 4) is 5.75 Å². The second kappa shape index (κ2) is 6.80. The average molecular weight is 334 g/mol. The van der Waals surface area contributed by atoms with E-state index in [2.05, 4.69) is 65.4 Å². The number of anilines is 1. The standard InChI is InChI=1S/C17H20BrNO/c1-4-15(13-8-6-5-7-9-13)19-17-12(2)10-14(18)11-16(17)20-3/h5-11,15,19H,4H2,1-3H3. The van der Waals surface area contributed by atoms with Crippen molar-refractivity contribution in [1.29, 1.82) is 0 Å². The maximum atomic E-state index is 5.50. The van der Waals surface area contributed by atoms with Gasteiger partial charge < -0.3 is 10.1 Å². The summed E-state index contributed by atoms with van der Waals surface area (Å²) >= 11 is 3.51. The molecule has 2 aromatic rings. The summed E-state index contributed by atoms with van der Waals surface area (Å²) in [6.07, 6.45) is 1.02. The largest absolute Gasteiger partial charge is 0.495 e. The molecule has 2 nitrogen and oxygen atoms in total. The molecule has 0 amide bonds. The van der Waals surface area contributed by atoms with Gasteiger partial charge in [0.15, 0.2) is 0 Å². The number of nitrogens with one attached hydrogen (secondary N) is 1. The zero-order valence-electron chi connectivity index (χ0n) is 12.1. The SMILES string of the molecule is CCC(Nc1c(C)cc(Br)cc1OC)c1ccccc1. The molecule has 0 aliphatic heterocycles. The molecular weight excluding hydrogens is 314 g/mol. The van der Waals surface area contributed by atoms with Crippen molar-refractivity contribution in [2.24, 2.45) is 0 Å². The quantitative estimate of drug-likeness (QED) is 0.798. The highest BCUT2D eigenvalue weighted by Gasteiger charge is 2.14. The van der Waals surface area contributed by atoms with Crippen LogP contribution in [0.1, 0.15) is 30.5 Å². The Morgan fingerprint density at radius 2 is 1.90 bits per heavy atom. The Morgan fingerprint density at radius 1 is 1.20 bits per heavy atom. The van der Waals surface area contributed by atoms with E-state index in [1.54, 1.807) is 7.11 Å². The van der Waals surface area contributed by atoms with Gasteiger partial charge in [-0.3, -0.25) is 0 Å². The molecule has 1 N–H and O–H groups in total. The molecule has 0 aliphatic rings. The van der Waals surface area contributed by atoms with Crippen LogP contribution in [-0.4, -0.2) is 7.11 Å². The third-order valence-electron chi connectivity index (χ3n) is 3.41. The van der Waals surface area contributed by atoms with Crippen LogP contribution in [0.2, 0.25) is 0 Å². The first-order valence-electron chi connectivity index (χ1n) is 6.81. The van der Waals surface area contributed by atoms with Gasteiger partial charge in [-0.2, -0.15) is 0 Å². The predicted molar refractivity (Wildman–Crippen MR) is 88.5 cm³/mol. The van der Waals surface area contributed by atoms with Crippen LogP contribution in [0.15, 0.2) is 46.9 Å². The summed E-state index contributed by atoms with van der Waals surface area (Å²) < 4.78 is 6.53. The van der Waals surface area contributed by atoms with Crippen LogP contribution in [0.3, 0.4) is 0 Å². The minimum absolute atomic E-state index is 0.282.